The summed E-state index contributed by atoms with van der Waals surface area (Å²) in [6, 6.07) is 0. The molecule has 7 heteroatoms. The average Bonchev–Trinajstić information content (AvgIpc) is 2.84. The van der Waals surface area contributed by atoms with Gasteiger partial charge in [-0.05, 0) is 13.8 Å². The number of anilines is 1. The molecule has 0 bridgehead atoms. The van der Waals surface area contributed by atoms with Crippen LogP contribution in [-0.2, 0) is 18.5 Å². The third kappa shape index (κ3) is 2.52. The van der Waals surface area contributed by atoms with Gasteiger partial charge in [-0.2, -0.15) is 5.10 Å². The van der Waals surface area contributed by atoms with Crippen LogP contribution in [0.2, 0.25) is 5.02 Å². The molecule has 0 aliphatic rings. The molecule has 2 aromatic heterocycles. The lowest BCUT2D eigenvalue weighted by Gasteiger charge is -2.20. The molecule has 0 amide bonds. The van der Waals surface area contributed by atoms with Crippen molar-refractivity contribution in [2.24, 2.45) is 0 Å². The second kappa shape index (κ2) is 5.09. The zero-order valence-electron chi connectivity index (χ0n) is 12.6. The van der Waals surface area contributed by atoms with Crippen LogP contribution in [0.5, 0.6) is 0 Å². The highest BCUT2D eigenvalue weighted by molar-refractivity contribution is 6.31. The summed E-state index contributed by atoms with van der Waals surface area (Å²) in [5.41, 5.74) is 8.48. The smallest absolute Gasteiger partial charge is 0.169 e. The molecule has 0 spiro atoms. The Kier molecular flexibility index (Phi) is 3.77. The lowest BCUT2D eigenvalue weighted by molar-refractivity contribution is 0.487. The van der Waals surface area contributed by atoms with E-state index in [0.29, 0.717) is 17.4 Å². The van der Waals surface area contributed by atoms with Gasteiger partial charge >= 0.3 is 0 Å². The van der Waals surface area contributed by atoms with Crippen molar-refractivity contribution in [1.29, 1.82) is 0 Å². The van der Waals surface area contributed by atoms with Gasteiger partial charge in [-0.25, -0.2) is 4.68 Å². The molecule has 0 radical (unpaired) electrons. The van der Waals surface area contributed by atoms with Crippen LogP contribution in [0.3, 0.4) is 0 Å². The van der Waals surface area contributed by atoms with Crippen LogP contribution in [0.25, 0.3) is 0 Å². The van der Waals surface area contributed by atoms with Gasteiger partial charge in [0.25, 0.3) is 0 Å². The fourth-order valence-corrected chi connectivity index (χ4v) is 2.57. The van der Waals surface area contributed by atoms with E-state index in [9.17, 15) is 0 Å². The molecule has 0 aliphatic carbocycles. The molecular formula is C13H21ClN6. The van der Waals surface area contributed by atoms with E-state index in [-0.39, 0.29) is 5.41 Å². The van der Waals surface area contributed by atoms with Gasteiger partial charge in [0.05, 0.1) is 28.6 Å². The second-order valence-electron chi connectivity index (χ2n) is 5.89. The fraction of sp³-hybridized carbons (Fsp3) is 0.615. The average molecular weight is 297 g/mol. The standard InChI is InChI=1S/C13H21ClN6/c1-6-19-9(10(14)8(2)17-19)7-20-11(13(3,4)5)12(15)16-18-20/h6-7,15H2,1-5H3. The maximum Gasteiger partial charge on any atom is 0.169 e. The number of halogens is 1. The largest absolute Gasteiger partial charge is 0.381 e. The van der Waals surface area contributed by atoms with Crippen molar-refractivity contribution >= 4 is 17.4 Å². The summed E-state index contributed by atoms with van der Waals surface area (Å²) in [6.07, 6.45) is 0. The predicted octanol–water partition coefficient (Wildman–Crippen LogP) is 2.38. The summed E-state index contributed by atoms with van der Waals surface area (Å²) in [5.74, 6) is 0.466. The van der Waals surface area contributed by atoms with Crippen molar-refractivity contribution in [3.63, 3.8) is 0 Å². The van der Waals surface area contributed by atoms with E-state index in [1.807, 2.05) is 23.2 Å². The lowest BCUT2D eigenvalue weighted by atomic mass is 9.92. The number of aryl methyl sites for hydroxylation is 2. The van der Waals surface area contributed by atoms with Gasteiger partial charge in [0.2, 0.25) is 0 Å². The normalized spacial score (nSPS) is 12.1. The Morgan fingerprint density at radius 2 is 1.90 bits per heavy atom. The Hall–Kier alpha value is -1.56. The molecular weight excluding hydrogens is 276 g/mol. The maximum atomic E-state index is 6.34. The number of hydrogen-bond acceptors (Lipinski definition) is 4. The summed E-state index contributed by atoms with van der Waals surface area (Å²) in [4.78, 5) is 0. The highest BCUT2D eigenvalue weighted by Gasteiger charge is 2.25. The van der Waals surface area contributed by atoms with Crippen LogP contribution in [-0.4, -0.2) is 24.8 Å². The summed E-state index contributed by atoms with van der Waals surface area (Å²) < 4.78 is 3.70. The number of nitrogens with zero attached hydrogens (tertiary/aromatic N) is 5. The van der Waals surface area contributed by atoms with Crippen LogP contribution in [0.15, 0.2) is 0 Å². The van der Waals surface area contributed by atoms with Gasteiger partial charge < -0.3 is 5.73 Å². The van der Waals surface area contributed by atoms with Crippen molar-refractivity contribution in [1.82, 2.24) is 24.8 Å². The minimum absolute atomic E-state index is 0.133. The van der Waals surface area contributed by atoms with Gasteiger partial charge in [0.15, 0.2) is 5.82 Å². The maximum absolute atomic E-state index is 6.34. The van der Waals surface area contributed by atoms with E-state index < -0.39 is 0 Å². The molecule has 0 unspecified atom stereocenters. The number of nitrogens with two attached hydrogens (primary N) is 1. The molecule has 2 aromatic rings. The van der Waals surface area contributed by atoms with Gasteiger partial charge in [0.1, 0.15) is 0 Å². The lowest BCUT2D eigenvalue weighted by Crippen LogP contribution is -2.21. The van der Waals surface area contributed by atoms with E-state index in [1.165, 1.54) is 0 Å². The first-order valence-corrected chi connectivity index (χ1v) is 7.04. The zero-order valence-corrected chi connectivity index (χ0v) is 13.4. The van der Waals surface area contributed by atoms with E-state index >= 15 is 0 Å². The predicted molar refractivity (Wildman–Crippen MR) is 79.9 cm³/mol. The summed E-state index contributed by atoms with van der Waals surface area (Å²) in [5, 5.41) is 13.2. The minimum atomic E-state index is -0.133. The van der Waals surface area contributed by atoms with Gasteiger partial charge in [-0.1, -0.05) is 37.6 Å². The zero-order chi connectivity index (χ0) is 15.1. The highest BCUT2D eigenvalue weighted by Crippen LogP contribution is 2.28. The molecule has 0 saturated carbocycles. The van der Waals surface area contributed by atoms with Gasteiger partial charge in [-0.15, -0.1) is 5.10 Å². The van der Waals surface area contributed by atoms with Gasteiger partial charge in [-0.3, -0.25) is 4.68 Å². The molecule has 6 nitrogen and oxygen atoms in total. The monoisotopic (exact) mass is 296 g/mol. The number of hydrogen-bond donors (Lipinski definition) is 1. The van der Waals surface area contributed by atoms with Crippen molar-refractivity contribution < 1.29 is 0 Å². The Bertz CT molecular complexity index is 620. The number of aromatic nitrogens is 5. The number of rotatable bonds is 3. The van der Waals surface area contributed by atoms with Gasteiger partial charge in [0, 0.05) is 12.0 Å². The third-order valence-corrected chi connectivity index (χ3v) is 3.72. The molecule has 0 saturated heterocycles. The van der Waals surface area contributed by atoms with Crippen molar-refractivity contribution in [2.45, 2.75) is 53.1 Å². The van der Waals surface area contributed by atoms with Crippen molar-refractivity contribution in [3.8, 4) is 0 Å². The van der Waals surface area contributed by atoms with Crippen LogP contribution in [0.4, 0.5) is 5.82 Å². The molecule has 2 heterocycles. The first-order chi connectivity index (χ1) is 9.25. The molecule has 20 heavy (non-hydrogen) atoms. The summed E-state index contributed by atoms with van der Waals surface area (Å²) in [7, 11) is 0. The quantitative estimate of drug-likeness (QED) is 0.943. The molecule has 0 aliphatic heterocycles. The minimum Gasteiger partial charge on any atom is -0.381 e. The molecule has 0 atom stereocenters. The Morgan fingerprint density at radius 1 is 1.25 bits per heavy atom. The molecule has 110 valence electrons. The molecule has 2 rings (SSSR count). The van der Waals surface area contributed by atoms with E-state index in [0.717, 1.165) is 23.6 Å². The third-order valence-electron chi connectivity index (χ3n) is 3.22. The van der Waals surface area contributed by atoms with Crippen LogP contribution in [0, 0.1) is 6.92 Å². The Morgan fingerprint density at radius 3 is 2.45 bits per heavy atom. The first-order valence-electron chi connectivity index (χ1n) is 6.67. The summed E-state index contributed by atoms with van der Waals surface area (Å²) >= 11 is 6.34. The summed E-state index contributed by atoms with van der Waals surface area (Å²) in [6.45, 7) is 11.5. The van der Waals surface area contributed by atoms with Crippen LogP contribution >= 0.6 is 11.6 Å². The van der Waals surface area contributed by atoms with Crippen LogP contribution in [0.1, 0.15) is 44.8 Å². The SMILES string of the molecule is CCn1nc(C)c(Cl)c1Cn1nnc(N)c1C(C)(C)C. The van der Waals surface area contributed by atoms with E-state index in [2.05, 4.69) is 36.2 Å². The van der Waals surface area contributed by atoms with E-state index in [1.54, 1.807) is 0 Å². The second-order valence-corrected chi connectivity index (χ2v) is 6.27. The Labute approximate surface area is 123 Å². The van der Waals surface area contributed by atoms with Crippen molar-refractivity contribution in [2.75, 3.05) is 5.73 Å². The van der Waals surface area contributed by atoms with E-state index in [4.69, 9.17) is 17.3 Å². The Balaban J connectivity index is 2.46. The number of nitrogen functional groups attached to an aromatic ring is 1. The first kappa shape index (κ1) is 14.8. The molecule has 2 N–H and O–H groups in total. The molecule has 0 fully saturated rings. The fourth-order valence-electron chi connectivity index (χ4n) is 2.37. The highest BCUT2D eigenvalue weighted by atomic mass is 35.5. The van der Waals surface area contributed by atoms with Crippen molar-refractivity contribution in [3.05, 3.63) is 22.1 Å². The molecule has 0 aromatic carbocycles. The van der Waals surface area contributed by atoms with Crippen LogP contribution < -0.4 is 5.73 Å². The topological polar surface area (TPSA) is 74.5 Å².